The van der Waals surface area contributed by atoms with E-state index in [1.807, 2.05) is 72.5 Å². The molecule has 0 fully saturated rings. The highest BCUT2D eigenvalue weighted by Crippen LogP contribution is 2.16. The first kappa shape index (κ1) is 19.2. The van der Waals surface area contributed by atoms with Crippen molar-refractivity contribution >= 4 is 5.91 Å². The molecule has 2 aromatic carbocycles. The van der Waals surface area contributed by atoms with Crippen LogP contribution in [-0.2, 0) is 6.54 Å². The van der Waals surface area contributed by atoms with E-state index in [0.717, 1.165) is 22.5 Å². The van der Waals surface area contributed by atoms with Crippen molar-refractivity contribution in [2.45, 2.75) is 13.5 Å². The van der Waals surface area contributed by atoms with Gasteiger partial charge in [0.05, 0.1) is 23.5 Å². The number of nitrogens with one attached hydrogen (secondary N) is 1. The molecule has 0 bridgehead atoms. The molecule has 0 aliphatic rings. The second kappa shape index (κ2) is 8.93. The van der Waals surface area contributed by atoms with Crippen LogP contribution >= 0.6 is 0 Å². The van der Waals surface area contributed by atoms with Gasteiger partial charge in [0.2, 0.25) is 0 Å². The zero-order chi connectivity index (χ0) is 20.8. The van der Waals surface area contributed by atoms with Crippen LogP contribution in [-0.4, -0.2) is 32.0 Å². The fourth-order valence-corrected chi connectivity index (χ4v) is 3.02. The minimum atomic E-state index is -0.145. The first-order chi connectivity index (χ1) is 14.7. The van der Waals surface area contributed by atoms with Crippen molar-refractivity contribution in [2.75, 3.05) is 6.54 Å². The Kier molecular flexibility index (Phi) is 5.72. The third-order valence-electron chi connectivity index (χ3n) is 4.53. The molecule has 0 aliphatic carbocycles. The number of aromatic nitrogens is 4. The standard InChI is InChI=1S/C24H21N5O/c1-19-12-16-28(27-19)17-14-25-24(30)22-10-11-23(29-15-5-13-26-29)21(18-22)9-8-20-6-3-2-4-7-20/h2-7,10-13,15-16,18H,14,17H2,1H3,(H,25,30). The van der Waals surface area contributed by atoms with E-state index in [0.29, 0.717) is 18.7 Å². The Morgan fingerprint density at radius 2 is 1.90 bits per heavy atom. The van der Waals surface area contributed by atoms with Gasteiger partial charge in [-0.3, -0.25) is 9.48 Å². The lowest BCUT2D eigenvalue weighted by molar-refractivity contribution is 0.0952. The highest BCUT2D eigenvalue weighted by Gasteiger charge is 2.10. The van der Waals surface area contributed by atoms with Gasteiger partial charge in [0.1, 0.15) is 0 Å². The first-order valence-electron chi connectivity index (χ1n) is 9.68. The van der Waals surface area contributed by atoms with Crippen molar-refractivity contribution in [3.8, 4) is 17.5 Å². The summed E-state index contributed by atoms with van der Waals surface area (Å²) in [5, 5.41) is 11.6. The lowest BCUT2D eigenvalue weighted by Gasteiger charge is -2.09. The number of amides is 1. The fourth-order valence-electron chi connectivity index (χ4n) is 3.02. The summed E-state index contributed by atoms with van der Waals surface area (Å²) in [5.41, 5.74) is 3.98. The highest BCUT2D eigenvalue weighted by atomic mass is 16.1. The molecule has 0 saturated heterocycles. The van der Waals surface area contributed by atoms with E-state index in [1.54, 1.807) is 23.0 Å². The topological polar surface area (TPSA) is 64.7 Å². The molecule has 1 N–H and O–H groups in total. The largest absolute Gasteiger partial charge is 0.350 e. The molecule has 0 aliphatic heterocycles. The SMILES string of the molecule is Cc1ccn(CCNC(=O)c2ccc(-n3cccn3)c(C#Cc3ccccc3)c2)n1. The average Bonchev–Trinajstić information content (AvgIpc) is 3.45. The third kappa shape index (κ3) is 4.65. The van der Waals surface area contributed by atoms with Gasteiger partial charge in [-0.05, 0) is 49.4 Å². The van der Waals surface area contributed by atoms with Gasteiger partial charge in [-0.15, -0.1) is 0 Å². The first-order valence-corrected chi connectivity index (χ1v) is 9.68. The van der Waals surface area contributed by atoms with Crippen LogP contribution in [0.2, 0.25) is 0 Å². The fraction of sp³-hybridized carbons (Fsp3) is 0.125. The van der Waals surface area contributed by atoms with Crippen molar-refractivity contribution < 1.29 is 4.79 Å². The number of hydrogen-bond acceptors (Lipinski definition) is 3. The maximum absolute atomic E-state index is 12.7. The maximum atomic E-state index is 12.7. The Hall–Kier alpha value is -4.11. The van der Waals surface area contributed by atoms with Crippen molar-refractivity contribution in [1.82, 2.24) is 24.9 Å². The number of benzene rings is 2. The number of rotatable bonds is 5. The quantitative estimate of drug-likeness (QED) is 0.528. The Labute approximate surface area is 175 Å². The summed E-state index contributed by atoms with van der Waals surface area (Å²) in [5.74, 6) is 6.21. The molecule has 1 amide bonds. The second-order valence-electron chi connectivity index (χ2n) is 6.77. The molecule has 4 rings (SSSR count). The predicted octanol–water partition coefficient (Wildman–Crippen LogP) is 3.21. The molecule has 6 heteroatoms. The summed E-state index contributed by atoms with van der Waals surface area (Å²) >= 11 is 0. The van der Waals surface area contributed by atoms with Crippen LogP contribution in [0.15, 0.2) is 79.3 Å². The molecule has 4 aromatic rings. The molecule has 0 saturated carbocycles. The molecule has 0 unspecified atom stereocenters. The van der Waals surface area contributed by atoms with Crippen molar-refractivity contribution in [3.05, 3.63) is 102 Å². The minimum Gasteiger partial charge on any atom is -0.350 e. The average molecular weight is 395 g/mol. The molecule has 0 spiro atoms. The van der Waals surface area contributed by atoms with Crippen molar-refractivity contribution in [3.63, 3.8) is 0 Å². The molecule has 6 nitrogen and oxygen atoms in total. The molecule has 0 radical (unpaired) electrons. The van der Waals surface area contributed by atoms with Crippen LogP contribution in [0.1, 0.15) is 27.2 Å². The van der Waals surface area contributed by atoms with E-state index in [2.05, 4.69) is 27.4 Å². The van der Waals surface area contributed by atoms with Gasteiger partial charge >= 0.3 is 0 Å². The van der Waals surface area contributed by atoms with Crippen molar-refractivity contribution in [2.24, 2.45) is 0 Å². The summed E-state index contributed by atoms with van der Waals surface area (Å²) in [7, 11) is 0. The monoisotopic (exact) mass is 395 g/mol. The minimum absolute atomic E-state index is 0.145. The maximum Gasteiger partial charge on any atom is 0.251 e. The summed E-state index contributed by atoms with van der Waals surface area (Å²) in [4.78, 5) is 12.7. The van der Waals surface area contributed by atoms with Gasteiger partial charge < -0.3 is 5.32 Å². The van der Waals surface area contributed by atoms with Gasteiger partial charge in [0.15, 0.2) is 0 Å². The zero-order valence-electron chi connectivity index (χ0n) is 16.6. The van der Waals surface area contributed by atoms with E-state index < -0.39 is 0 Å². The Morgan fingerprint density at radius 3 is 2.63 bits per heavy atom. The number of carbonyl (C=O) groups is 1. The predicted molar refractivity (Wildman–Crippen MR) is 115 cm³/mol. The van der Waals surface area contributed by atoms with Crippen LogP contribution < -0.4 is 5.32 Å². The van der Waals surface area contributed by atoms with Gasteiger partial charge in [0, 0.05) is 36.3 Å². The van der Waals surface area contributed by atoms with Crippen LogP contribution in [0.25, 0.3) is 5.69 Å². The Balaban J connectivity index is 1.55. The van der Waals surface area contributed by atoms with Crippen LogP contribution in [0.4, 0.5) is 0 Å². The third-order valence-corrected chi connectivity index (χ3v) is 4.53. The smallest absolute Gasteiger partial charge is 0.251 e. The number of hydrogen-bond donors (Lipinski definition) is 1. The second-order valence-corrected chi connectivity index (χ2v) is 6.77. The summed E-state index contributed by atoms with van der Waals surface area (Å²) < 4.78 is 3.56. The van der Waals surface area contributed by atoms with Crippen LogP contribution in [0, 0.1) is 18.8 Å². The molecule has 0 atom stereocenters. The van der Waals surface area contributed by atoms with Gasteiger partial charge in [0.25, 0.3) is 5.91 Å². The molecule has 2 heterocycles. The lowest BCUT2D eigenvalue weighted by Crippen LogP contribution is -2.27. The molecular weight excluding hydrogens is 374 g/mol. The molecule has 2 aromatic heterocycles. The highest BCUT2D eigenvalue weighted by molar-refractivity contribution is 5.95. The lowest BCUT2D eigenvalue weighted by atomic mass is 10.1. The van der Waals surface area contributed by atoms with E-state index in [-0.39, 0.29) is 5.91 Å². The van der Waals surface area contributed by atoms with E-state index >= 15 is 0 Å². The van der Waals surface area contributed by atoms with E-state index in [9.17, 15) is 4.79 Å². The number of nitrogens with zero attached hydrogens (tertiary/aromatic N) is 4. The van der Waals surface area contributed by atoms with Crippen LogP contribution in [0.5, 0.6) is 0 Å². The molecular formula is C24H21N5O. The van der Waals surface area contributed by atoms with Gasteiger partial charge in [-0.1, -0.05) is 30.0 Å². The normalized spacial score (nSPS) is 10.3. The molecule has 30 heavy (non-hydrogen) atoms. The Morgan fingerprint density at radius 1 is 1.03 bits per heavy atom. The van der Waals surface area contributed by atoms with Gasteiger partial charge in [-0.25, -0.2) is 4.68 Å². The van der Waals surface area contributed by atoms with E-state index in [1.165, 1.54) is 0 Å². The summed E-state index contributed by atoms with van der Waals surface area (Å²) in [6.45, 7) is 3.05. The molecule has 148 valence electrons. The Bertz CT molecular complexity index is 1200. The summed E-state index contributed by atoms with van der Waals surface area (Å²) in [6.07, 6.45) is 5.47. The van der Waals surface area contributed by atoms with E-state index in [4.69, 9.17) is 0 Å². The van der Waals surface area contributed by atoms with Crippen molar-refractivity contribution in [1.29, 1.82) is 0 Å². The zero-order valence-corrected chi connectivity index (χ0v) is 16.6. The van der Waals surface area contributed by atoms with Gasteiger partial charge in [-0.2, -0.15) is 10.2 Å². The van der Waals surface area contributed by atoms with Crippen LogP contribution in [0.3, 0.4) is 0 Å². The number of aryl methyl sites for hydroxylation is 1. The number of carbonyl (C=O) groups excluding carboxylic acids is 1. The summed E-state index contributed by atoms with van der Waals surface area (Å²) in [6, 6.07) is 19.0.